The second-order valence-corrected chi connectivity index (χ2v) is 8.37. The van der Waals surface area contributed by atoms with Gasteiger partial charge in [0.15, 0.2) is 6.10 Å². The van der Waals surface area contributed by atoms with E-state index in [2.05, 4.69) is 0 Å². The van der Waals surface area contributed by atoms with Gasteiger partial charge in [-0.2, -0.15) is 0 Å². The number of carbonyl (C=O) groups excluding carboxylic acids is 2. The number of hydrogen-bond acceptors (Lipinski definition) is 4. The van der Waals surface area contributed by atoms with E-state index in [0.717, 1.165) is 37.0 Å². The fourth-order valence-electron chi connectivity index (χ4n) is 6.09. The Kier molecular flexibility index (Phi) is 3.67. The van der Waals surface area contributed by atoms with Gasteiger partial charge in [-0.25, -0.2) is 4.79 Å². The summed E-state index contributed by atoms with van der Waals surface area (Å²) in [4.78, 5) is 27.1. The Bertz CT molecular complexity index is 482. The Morgan fingerprint density at radius 3 is 2.13 bits per heavy atom. The van der Waals surface area contributed by atoms with Gasteiger partial charge >= 0.3 is 5.97 Å². The lowest BCUT2D eigenvalue weighted by Crippen LogP contribution is -2.59. The Hall–Kier alpha value is -1.10. The summed E-state index contributed by atoms with van der Waals surface area (Å²) < 4.78 is 10.5. The Morgan fingerprint density at radius 2 is 1.61 bits per heavy atom. The van der Waals surface area contributed by atoms with E-state index < -0.39 is 6.10 Å². The highest BCUT2D eigenvalue weighted by molar-refractivity contribution is 5.84. The summed E-state index contributed by atoms with van der Waals surface area (Å²) in [5.74, 6) is 2.15. The molecule has 4 saturated carbocycles. The van der Waals surface area contributed by atoms with Gasteiger partial charge in [-0.1, -0.05) is 0 Å². The highest BCUT2D eigenvalue weighted by atomic mass is 16.6. The van der Waals surface area contributed by atoms with Gasteiger partial charge in [0.2, 0.25) is 5.91 Å². The third-order valence-corrected chi connectivity index (χ3v) is 6.50. The number of hydrogen-bond donors (Lipinski definition) is 0. The molecule has 4 bridgehead atoms. The van der Waals surface area contributed by atoms with E-state index in [4.69, 9.17) is 9.47 Å². The average molecular weight is 321 g/mol. The predicted molar refractivity (Wildman–Crippen MR) is 83.5 cm³/mol. The van der Waals surface area contributed by atoms with Crippen LogP contribution >= 0.6 is 0 Å². The summed E-state index contributed by atoms with van der Waals surface area (Å²) in [6, 6.07) is 0. The lowest BCUT2D eigenvalue weighted by Gasteiger charge is -2.57. The number of nitrogens with zero attached hydrogens (tertiary/aromatic N) is 1. The molecule has 2 atom stereocenters. The maximum absolute atomic E-state index is 13.4. The molecule has 0 aromatic rings. The van der Waals surface area contributed by atoms with Crippen LogP contribution in [0.3, 0.4) is 0 Å². The Labute approximate surface area is 137 Å². The molecule has 23 heavy (non-hydrogen) atoms. The molecular weight excluding hydrogens is 294 g/mol. The van der Waals surface area contributed by atoms with Crippen molar-refractivity contribution in [3.8, 4) is 0 Å². The predicted octanol–water partition coefficient (Wildman–Crippen LogP) is 1.99. The van der Waals surface area contributed by atoms with Crippen LogP contribution in [0.5, 0.6) is 0 Å². The SMILES string of the molecule is COC(=O)C1CN(C(=O)C23CC4CC(CC(C4)C2)C3)C[C@@H](C)O1. The maximum Gasteiger partial charge on any atom is 0.336 e. The lowest BCUT2D eigenvalue weighted by atomic mass is 9.49. The zero-order chi connectivity index (χ0) is 16.2. The van der Waals surface area contributed by atoms with Crippen LogP contribution in [-0.4, -0.2) is 49.2 Å². The molecule has 1 amide bonds. The van der Waals surface area contributed by atoms with Crippen molar-refractivity contribution >= 4 is 11.9 Å². The van der Waals surface area contributed by atoms with Crippen LogP contribution in [0.4, 0.5) is 0 Å². The molecule has 5 fully saturated rings. The molecule has 128 valence electrons. The van der Waals surface area contributed by atoms with Gasteiger partial charge in [0.05, 0.1) is 25.2 Å². The van der Waals surface area contributed by atoms with Crippen LogP contribution in [0.15, 0.2) is 0 Å². The van der Waals surface area contributed by atoms with Crippen LogP contribution in [0, 0.1) is 23.2 Å². The van der Waals surface area contributed by atoms with E-state index in [-0.39, 0.29) is 23.4 Å². The van der Waals surface area contributed by atoms with Crippen molar-refractivity contribution in [2.45, 2.75) is 57.7 Å². The summed E-state index contributed by atoms with van der Waals surface area (Å²) in [6.07, 6.45) is 6.42. The molecule has 0 aromatic heterocycles. The molecule has 5 nitrogen and oxygen atoms in total. The maximum atomic E-state index is 13.4. The van der Waals surface area contributed by atoms with E-state index in [1.807, 2.05) is 11.8 Å². The topological polar surface area (TPSA) is 55.8 Å². The van der Waals surface area contributed by atoms with Gasteiger partial charge in [-0.3, -0.25) is 4.79 Å². The number of esters is 1. The second-order valence-electron chi connectivity index (χ2n) is 8.37. The molecule has 5 heteroatoms. The first-order valence-electron chi connectivity index (χ1n) is 9.02. The average Bonchev–Trinajstić information content (AvgIpc) is 2.51. The smallest absolute Gasteiger partial charge is 0.336 e. The summed E-state index contributed by atoms with van der Waals surface area (Å²) in [7, 11) is 1.37. The fourth-order valence-corrected chi connectivity index (χ4v) is 6.09. The van der Waals surface area contributed by atoms with E-state index >= 15 is 0 Å². The minimum absolute atomic E-state index is 0.120. The van der Waals surface area contributed by atoms with E-state index in [1.54, 1.807) is 0 Å². The summed E-state index contributed by atoms with van der Waals surface area (Å²) >= 11 is 0. The largest absolute Gasteiger partial charge is 0.467 e. The van der Waals surface area contributed by atoms with Gasteiger partial charge in [0, 0.05) is 6.54 Å². The monoisotopic (exact) mass is 321 g/mol. The molecule has 4 aliphatic carbocycles. The molecule has 1 aliphatic heterocycles. The van der Waals surface area contributed by atoms with Gasteiger partial charge in [0.25, 0.3) is 0 Å². The van der Waals surface area contributed by atoms with E-state index in [9.17, 15) is 9.59 Å². The first-order valence-corrected chi connectivity index (χ1v) is 9.02. The van der Waals surface area contributed by atoms with Crippen molar-refractivity contribution < 1.29 is 19.1 Å². The Balaban J connectivity index is 1.53. The third kappa shape index (κ3) is 2.57. The molecule has 0 aromatic carbocycles. The summed E-state index contributed by atoms with van der Waals surface area (Å²) in [5.41, 5.74) is -0.146. The molecule has 1 saturated heterocycles. The molecule has 5 aliphatic rings. The number of methoxy groups -OCH3 is 1. The fraction of sp³-hybridized carbons (Fsp3) is 0.889. The normalized spacial score (nSPS) is 45.1. The zero-order valence-electron chi connectivity index (χ0n) is 14.1. The number of amides is 1. The van der Waals surface area contributed by atoms with Gasteiger partial charge in [-0.15, -0.1) is 0 Å². The highest BCUT2D eigenvalue weighted by Crippen LogP contribution is 2.60. The van der Waals surface area contributed by atoms with Crippen LogP contribution in [0.2, 0.25) is 0 Å². The van der Waals surface area contributed by atoms with Crippen molar-refractivity contribution in [2.24, 2.45) is 23.2 Å². The number of carbonyl (C=O) groups is 2. The number of rotatable bonds is 2. The van der Waals surface area contributed by atoms with Crippen LogP contribution < -0.4 is 0 Å². The Morgan fingerprint density at radius 1 is 1.04 bits per heavy atom. The van der Waals surface area contributed by atoms with E-state index in [1.165, 1.54) is 26.4 Å². The summed E-state index contributed by atoms with van der Waals surface area (Å²) in [5, 5.41) is 0. The minimum Gasteiger partial charge on any atom is -0.467 e. The molecule has 0 N–H and O–H groups in total. The van der Waals surface area contributed by atoms with Gasteiger partial charge in [0.1, 0.15) is 0 Å². The van der Waals surface area contributed by atoms with Crippen LogP contribution in [0.25, 0.3) is 0 Å². The zero-order valence-corrected chi connectivity index (χ0v) is 14.1. The molecule has 1 heterocycles. The first-order chi connectivity index (χ1) is 11.0. The molecule has 0 spiro atoms. The minimum atomic E-state index is -0.637. The highest BCUT2D eigenvalue weighted by Gasteiger charge is 2.56. The van der Waals surface area contributed by atoms with Gasteiger partial charge in [-0.05, 0) is 63.2 Å². The first kappa shape index (κ1) is 15.4. The molecule has 1 unspecified atom stereocenters. The van der Waals surface area contributed by atoms with Crippen molar-refractivity contribution in [3.63, 3.8) is 0 Å². The standard InChI is InChI=1S/C18H27NO4/c1-11-9-19(10-15(23-11)16(20)22-2)17(21)18-6-12-3-13(7-18)5-14(4-12)8-18/h11-15H,3-10H2,1-2H3/t11-,12?,13?,14?,15?,18?/m1/s1. The third-order valence-electron chi connectivity index (χ3n) is 6.50. The van der Waals surface area contributed by atoms with Crippen molar-refractivity contribution in [1.82, 2.24) is 4.90 Å². The number of ether oxygens (including phenoxy) is 2. The van der Waals surface area contributed by atoms with Crippen LogP contribution in [0.1, 0.15) is 45.4 Å². The lowest BCUT2D eigenvalue weighted by molar-refractivity contribution is -0.178. The second kappa shape index (κ2) is 5.47. The van der Waals surface area contributed by atoms with Crippen molar-refractivity contribution in [2.75, 3.05) is 20.2 Å². The van der Waals surface area contributed by atoms with Crippen molar-refractivity contribution in [1.29, 1.82) is 0 Å². The van der Waals surface area contributed by atoms with Crippen LogP contribution in [-0.2, 0) is 19.1 Å². The molecule has 5 rings (SSSR count). The summed E-state index contributed by atoms with van der Waals surface area (Å²) in [6.45, 7) is 2.86. The molecule has 0 radical (unpaired) electrons. The quantitative estimate of drug-likeness (QED) is 0.730. The van der Waals surface area contributed by atoms with Crippen molar-refractivity contribution in [3.05, 3.63) is 0 Å². The van der Waals surface area contributed by atoms with E-state index in [0.29, 0.717) is 13.1 Å². The van der Waals surface area contributed by atoms with Gasteiger partial charge < -0.3 is 14.4 Å². The number of morpholine rings is 1. The molecular formula is C18H27NO4.